The van der Waals surface area contributed by atoms with Gasteiger partial charge in [0.25, 0.3) is 0 Å². The highest BCUT2D eigenvalue weighted by Crippen LogP contribution is 2.33. The van der Waals surface area contributed by atoms with E-state index in [4.69, 9.17) is 16.3 Å². The third kappa shape index (κ3) is 7.27. The highest BCUT2D eigenvalue weighted by Gasteiger charge is 2.43. The number of ketones is 1. The summed E-state index contributed by atoms with van der Waals surface area (Å²) < 4.78 is 6.80. The van der Waals surface area contributed by atoms with Gasteiger partial charge >= 0.3 is 0 Å². The molecule has 3 N–H and O–H groups in total. The van der Waals surface area contributed by atoms with Crippen molar-refractivity contribution in [1.82, 2.24) is 10.3 Å². The molecule has 1 aliphatic rings. The van der Waals surface area contributed by atoms with Crippen LogP contribution in [0.3, 0.4) is 0 Å². The van der Waals surface area contributed by atoms with Crippen LogP contribution in [0.15, 0.2) is 42.0 Å². The Hall–Kier alpha value is -2.10. The Morgan fingerprint density at radius 2 is 2.05 bits per heavy atom. The quantitative estimate of drug-likeness (QED) is 0.474. The van der Waals surface area contributed by atoms with Crippen molar-refractivity contribution in [2.24, 2.45) is 17.3 Å². The topological polar surface area (TPSA) is 109 Å². The minimum absolute atomic E-state index is 0.147. The largest absolute Gasteiger partial charge is 0.392 e. The number of amides is 1. The standard InChI is InChI=1S/C28H37ClN2O5S/c1-6-7-20-26(34)16(2)14-36-15-19(29)9-10-21(18-8-11-23-22(12-18)30-17(3)37-23)31-25(33)13-24(32)28(4,5)27(20)35/h6,8-9,11-12,16,20-21,24,26,32,34H,1,7,10,13-15H2,2-5H3,(H,31,33)/b19-9+/t16-,20+,21-,24-,26-/m0/s1. The highest BCUT2D eigenvalue weighted by atomic mass is 35.5. The van der Waals surface area contributed by atoms with Crippen LogP contribution in [-0.2, 0) is 14.3 Å². The Bertz CT molecular complexity index is 1160. The zero-order valence-corrected chi connectivity index (χ0v) is 23.4. The molecular weight excluding hydrogens is 512 g/mol. The van der Waals surface area contributed by atoms with E-state index in [-0.39, 0.29) is 37.8 Å². The summed E-state index contributed by atoms with van der Waals surface area (Å²) in [5.41, 5.74) is 0.452. The van der Waals surface area contributed by atoms with Crippen LogP contribution >= 0.6 is 22.9 Å². The molecule has 1 aliphatic heterocycles. The molecule has 2 aromatic rings. The van der Waals surface area contributed by atoms with E-state index in [0.29, 0.717) is 11.5 Å². The lowest BCUT2D eigenvalue weighted by Crippen LogP contribution is -2.47. The number of allylic oxidation sites excluding steroid dienone is 1. The smallest absolute Gasteiger partial charge is 0.223 e. The molecule has 1 aromatic heterocycles. The maximum Gasteiger partial charge on any atom is 0.223 e. The van der Waals surface area contributed by atoms with Crippen molar-refractivity contribution in [2.75, 3.05) is 13.2 Å². The molecule has 0 spiro atoms. The van der Waals surface area contributed by atoms with Gasteiger partial charge in [-0.1, -0.05) is 50.6 Å². The van der Waals surface area contributed by atoms with Crippen LogP contribution < -0.4 is 5.32 Å². The van der Waals surface area contributed by atoms with Crippen LogP contribution in [0.2, 0.25) is 0 Å². The van der Waals surface area contributed by atoms with Gasteiger partial charge in [0.2, 0.25) is 5.91 Å². The number of ether oxygens (including phenoxy) is 1. The van der Waals surface area contributed by atoms with Gasteiger partial charge in [-0.3, -0.25) is 9.59 Å². The predicted octanol–water partition coefficient (Wildman–Crippen LogP) is 4.84. The molecule has 0 saturated heterocycles. The van der Waals surface area contributed by atoms with Crippen molar-refractivity contribution in [3.63, 3.8) is 0 Å². The van der Waals surface area contributed by atoms with Crippen LogP contribution in [0.4, 0.5) is 0 Å². The average Bonchev–Trinajstić information content (AvgIpc) is 3.22. The number of hydrogen-bond donors (Lipinski definition) is 3. The number of carbonyl (C=O) groups excluding carboxylic acids is 2. The number of nitrogens with one attached hydrogen (secondary N) is 1. The number of rotatable bonds is 3. The number of benzene rings is 1. The van der Waals surface area contributed by atoms with Crippen LogP contribution in [0.5, 0.6) is 0 Å². The summed E-state index contributed by atoms with van der Waals surface area (Å²) in [6, 6.07) is 5.47. The van der Waals surface area contributed by atoms with E-state index in [9.17, 15) is 19.8 Å². The number of fused-ring (bicyclic) bond motifs is 1. The first-order valence-electron chi connectivity index (χ1n) is 12.5. The Morgan fingerprint density at radius 3 is 2.76 bits per heavy atom. The van der Waals surface area contributed by atoms with Gasteiger partial charge in [0.05, 0.1) is 58.5 Å². The van der Waals surface area contributed by atoms with Gasteiger partial charge in [-0.05, 0) is 37.5 Å². The van der Waals surface area contributed by atoms with E-state index in [1.807, 2.05) is 25.1 Å². The number of Topliss-reactive ketones (excluding diaryl/α,β-unsaturated/α-hetero) is 1. The van der Waals surface area contributed by atoms with E-state index < -0.39 is 35.5 Å². The van der Waals surface area contributed by atoms with Gasteiger partial charge in [0, 0.05) is 16.9 Å². The van der Waals surface area contributed by atoms with E-state index in [1.165, 1.54) is 0 Å². The number of thiazole rings is 1. The molecule has 202 valence electrons. The van der Waals surface area contributed by atoms with Crippen LogP contribution in [-0.4, -0.2) is 52.3 Å². The Morgan fingerprint density at radius 1 is 1.32 bits per heavy atom. The minimum atomic E-state index is -1.26. The number of hydrogen-bond acceptors (Lipinski definition) is 7. The summed E-state index contributed by atoms with van der Waals surface area (Å²) in [4.78, 5) is 31.2. The number of aromatic nitrogens is 1. The Kier molecular flexibility index (Phi) is 10.1. The fraction of sp³-hybridized carbons (Fsp3) is 0.536. The average molecular weight is 549 g/mol. The third-order valence-corrected chi connectivity index (χ3v) is 8.27. The first-order chi connectivity index (χ1) is 17.4. The molecule has 3 rings (SSSR count). The molecule has 0 fully saturated rings. The molecule has 0 bridgehead atoms. The number of carbonyl (C=O) groups is 2. The third-order valence-electron chi connectivity index (χ3n) is 7.05. The van der Waals surface area contributed by atoms with Crippen molar-refractivity contribution in [3.05, 3.63) is 52.5 Å². The Balaban J connectivity index is 1.93. The van der Waals surface area contributed by atoms with E-state index in [2.05, 4.69) is 16.9 Å². The Labute approximate surface area is 227 Å². The molecule has 1 amide bonds. The zero-order chi connectivity index (χ0) is 27.3. The van der Waals surface area contributed by atoms with Crippen molar-refractivity contribution in [3.8, 4) is 0 Å². The van der Waals surface area contributed by atoms with Crippen molar-refractivity contribution < 1.29 is 24.5 Å². The fourth-order valence-corrected chi connectivity index (χ4v) is 5.58. The summed E-state index contributed by atoms with van der Waals surface area (Å²) in [5.74, 6) is -1.86. The fourth-order valence-electron chi connectivity index (χ4n) is 4.60. The molecule has 1 aromatic carbocycles. The zero-order valence-electron chi connectivity index (χ0n) is 21.9. The SMILES string of the molecule is C=CC[C@H]1C(=O)C(C)(C)[C@@H](O)CC(=O)N[C@H](c2ccc3sc(C)nc3c2)C/C=C(/Cl)COC[C@H](C)[C@@H]1O. The van der Waals surface area contributed by atoms with Crippen molar-refractivity contribution >= 4 is 44.8 Å². The molecule has 0 radical (unpaired) electrons. The van der Waals surface area contributed by atoms with Crippen LogP contribution in [0.1, 0.15) is 56.6 Å². The minimum Gasteiger partial charge on any atom is -0.392 e. The maximum absolute atomic E-state index is 13.5. The van der Waals surface area contributed by atoms with Gasteiger partial charge in [-0.25, -0.2) is 4.98 Å². The van der Waals surface area contributed by atoms with Gasteiger partial charge in [0.1, 0.15) is 5.78 Å². The van der Waals surface area contributed by atoms with Gasteiger partial charge in [-0.2, -0.15) is 0 Å². The molecule has 0 unspecified atom stereocenters. The molecule has 7 nitrogen and oxygen atoms in total. The molecule has 0 aliphatic carbocycles. The number of aryl methyl sites for hydroxylation is 1. The molecule has 5 atom stereocenters. The molecule has 2 heterocycles. The van der Waals surface area contributed by atoms with Gasteiger partial charge < -0.3 is 20.3 Å². The molecule has 0 saturated carbocycles. The summed E-state index contributed by atoms with van der Waals surface area (Å²) in [6.45, 7) is 11.0. The normalized spacial score (nSPS) is 29.9. The molecule has 37 heavy (non-hydrogen) atoms. The first-order valence-corrected chi connectivity index (χ1v) is 13.7. The highest BCUT2D eigenvalue weighted by molar-refractivity contribution is 7.18. The first kappa shape index (κ1) is 29.5. The molecular formula is C28H37ClN2O5S. The van der Waals surface area contributed by atoms with E-state index >= 15 is 0 Å². The second-order valence-electron chi connectivity index (χ2n) is 10.4. The monoisotopic (exact) mass is 548 g/mol. The lowest BCUT2D eigenvalue weighted by Gasteiger charge is -2.35. The van der Waals surface area contributed by atoms with E-state index in [0.717, 1.165) is 20.8 Å². The second-order valence-corrected chi connectivity index (χ2v) is 12.1. The summed E-state index contributed by atoms with van der Waals surface area (Å²) in [7, 11) is 0. The number of nitrogens with zero attached hydrogens (tertiary/aromatic N) is 1. The van der Waals surface area contributed by atoms with Crippen LogP contribution in [0, 0.1) is 24.2 Å². The number of aliphatic hydroxyl groups is 2. The van der Waals surface area contributed by atoms with Crippen molar-refractivity contribution in [1.29, 1.82) is 0 Å². The lowest BCUT2D eigenvalue weighted by atomic mass is 9.71. The van der Waals surface area contributed by atoms with Gasteiger partial charge in [-0.15, -0.1) is 17.9 Å². The summed E-state index contributed by atoms with van der Waals surface area (Å²) in [6.07, 6.45) is 1.52. The van der Waals surface area contributed by atoms with Gasteiger partial charge in [0.15, 0.2) is 0 Å². The van der Waals surface area contributed by atoms with Crippen LogP contribution in [0.25, 0.3) is 10.2 Å². The maximum atomic E-state index is 13.5. The summed E-state index contributed by atoms with van der Waals surface area (Å²) >= 11 is 8.02. The predicted molar refractivity (Wildman–Crippen MR) is 147 cm³/mol. The number of halogens is 1. The van der Waals surface area contributed by atoms with E-state index in [1.54, 1.807) is 44.3 Å². The summed E-state index contributed by atoms with van der Waals surface area (Å²) in [5, 5.41) is 26.4. The lowest BCUT2D eigenvalue weighted by molar-refractivity contribution is -0.144. The number of aliphatic hydroxyl groups excluding tert-OH is 2. The molecule has 9 heteroatoms. The van der Waals surface area contributed by atoms with Crippen molar-refractivity contribution in [2.45, 2.75) is 65.2 Å². The second kappa shape index (κ2) is 12.6.